The van der Waals surface area contributed by atoms with Gasteiger partial charge in [0.1, 0.15) is 5.82 Å². The van der Waals surface area contributed by atoms with Gasteiger partial charge in [0.15, 0.2) is 0 Å². The van der Waals surface area contributed by atoms with Crippen LogP contribution in [-0.2, 0) is 16.0 Å². The summed E-state index contributed by atoms with van der Waals surface area (Å²) in [5, 5.41) is 3.36. The quantitative estimate of drug-likeness (QED) is 0.721. The Hall–Kier alpha value is -1.04. The number of nitrogens with zero attached hydrogens (tertiary/aromatic N) is 2. The zero-order valence-corrected chi connectivity index (χ0v) is 11.6. The molecule has 5 heteroatoms. The van der Waals surface area contributed by atoms with Crippen LogP contribution >= 0.6 is 0 Å². The van der Waals surface area contributed by atoms with Crippen molar-refractivity contribution in [3.05, 3.63) is 23.8 Å². The third-order valence-electron chi connectivity index (χ3n) is 3.11. The van der Waals surface area contributed by atoms with E-state index in [2.05, 4.69) is 15.3 Å². The number of aryl methyl sites for hydroxylation is 1. The lowest BCUT2D eigenvalue weighted by Gasteiger charge is -2.10. The Balaban J connectivity index is 1.46. The number of rotatable bonds is 8. The highest BCUT2D eigenvalue weighted by molar-refractivity contribution is 5.00. The van der Waals surface area contributed by atoms with Crippen molar-refractivity contribution < 1.29 is 9.47 Å². The summed E-state index contributed by atoms with van der Waals surface area (Å²) in [7, 11) is 0. The van der Waals surface area contributed by atoms with Gasteiger partial charge in [-0.2, -0.15) is 0 Å². The van der Waals surface area contributed by atoms with Crippen LogP contribution in [0.25, 0.3) is 0 Å². The predicted molar refractivity (Wildman–Crippen MR) is 72.9 cm³/mol. The summed E-state index contributed by atoms with van der Waals surface area (Å²) in [4.78, 5) is 8.41. The van der Waals surface area contributed by atoms with Crippen LogP contribution in [0.15, 0.2) is 12.3 Å². The molecule has 0 saturated carbocycles. The Labute approximate surface area is 114 Å². The molecule has 0 spiro atoms. The van der Waals surface area contributed by atoms with E-state index in [0.717, 1.165) is 57.3 Å². The lowest BCUT2D eigenvalue weighted by molar-refractivity contribution is 0.0166. The maximum Gasteiger partial charge on any atom is 0.125 e. The highest BCUT2D eigenvalue weighted by atomic mass is 16.5. The van der Waals surface area contributed by atoms with Crippen molar-refractivity contribution in [1.82, 2.24) is 15.3 Å². The molecule has 1 atom stereocenters. The normalized spacial score (nSPS) is 18.9. The van der Waals surface area contributed by atoms with Gasteiger partial charge in [-0.15, -0.1) is 0 Å². The summed E-state index contributed by atoms with van der Waals surface area (Å²) in [6, 6.07) is 1.94. The van der Waals surface area contributed by atoms with Gasteiger partial charge in [0.05, 0.1) is 18.4 Å². The number of hydrogen-bond acceptors (Lipinski definition) is 5. The van der Waals surface area contributed by atoms with E-state index in [1.165, 1.54) is 6.42 Å². The molecule has 0 radical (unpaired) electrons. The average Bonchev–Trinajstić information content (AvgIpc) is 2.91. The second-order valence-electron chi connectivity index (χ2n) is 4.84. The molecule has 1 fully saturated rings. The number of ether oxygens (including phenoxy) is 2. The average molecular weight is 265 g/mol. The highest BCUT2D eigenvalue weighted by Crippen LogP contribution is 2.11. The molecule has 2 heterocycles. The fourth-order valence-corrected chi connectivity index (χ4v) is 2.11. The van der Waals surface area contributed by atoms with Gasteiger partial charge in [-0.3, -0.25) is 0 Å². The van der Waals surface area contributed by atoms with E-state index in [4.69, 9.17) is 9.47 Å². The molecule has 0 aromatic carbocycles. The van der Waals surface area contributed by atoms with E-state index < -0.39 is 0 Å². The third kappa shape index (κ3) is 5.63. The van der Waals surface area contributed by atoms with Crippen molar-refractivity contribution in [3.63, 3.8) is 0 Å². The second-order valence-corrected chi connectivity index (χ2v) is 4.84. The van der Waals surface area contributed by atoms with E-state index >= 15 is 0 Å². The summed E-state index contributed by atoms with van der Waals surface area (Å²) in [6.45, 7) is 6.06. The number of aromatic nitrogens is 2. The number of hydrogen-bond donors (Lipinski definition) is 1. The number of nitrogens with one attached hydrogen (secondary N) is 1. The van der Waals surface area contributed by atoms with Crippen LogP contribution in [0, 0.1) is 6.92 Å². The first-order chi connectivity index (χ1) is 9.34. The SMILES string of the molecule is Cc1nccc(CNCCCOCC2CCCO2)n1. The monoisotopic (exact) mass is 265 g/mol. The Kier molecular flexibility index (Phi) is 6.20. The maximum atomic E-state index is 5.60. The molecule has 5 nitrogen and oxygen atoms in total. The molecule has 1 aliphatic rings. The molecule has 1 aliphatic heterocycles. The minimum Gasteiger partial charge on any atom is -0.379 e. The molecule has 1 aromatic rings. The third-order valence-corrected chi connectivity index (χ3v) is 3.11. The molecular formula is C14H23N3O2. The fourth-order valence-electron chi connectivity index (χ4n) is 2.11. The van der Waals surface area contributed by atoms with Crippen LogP contribution < -0.4 is 5.32 Å². The summed E-state index contributed by atoms with van der Waals surface area (Å²) in [6.07, 6.45) is 5.46. The van der Waals surface area contributed by atoms with Gasteiger partial charge in [-0.05, 0) is 38.8 Å². The molecule has 106 valence electrons. The van der Waals surface area contributed by atoms with Gasteiger partial charge >= 0.3 is 0 Å². The predicted octanol–water partition coefficient (Wildman–Crippen LogP) is 1.46. The zero-order valence-electron chi connectivity index (χ0n) is 11.6. The first-order valence-corrected chi connectivity index (χ1v) is 7.03. The van der Waals surface area contributed by atoms with Gasteiger partial charge in [0.2, 0.25) is 0 Å². The zero-order chi connectivity index (χ0) is 13.3. The minimum atomic E-state index is 0.331. The molecule has 1 saturated heterocycles. The van der Waals surface area contributed by atoms with Gasteiger partial charge in [-0.1, -0.05) is 0 Å². The Bertz CT molecular complexity index is 367. The van der Waals surface area contributed by atoms with Crippen molar-refractivity contribution >= 4 is 0 Å². The van der Waals surface area contributed by atoms with E-state index in [-0.39, 0.29) is 0 Å². The lowest BCUT2D eigenvalue weighted by atomic mass is 10.2. The molecule has 1 N–H and O–H groups in total. The van der Waals surface area contributed by atoms with Crippen molar-refractivity contribution in [3.8, 4) is 0 Å². The summed E-state index contributed by atoms with van der Waals surface area (Å²) < 4.78 is 11.1. The van der Waals surface area contributed by atoms with Crippen LogP contribution in [0.4, 0.5) is 0 Å². The Morgan fingerprint density at radius 1 is 1.53 bits per heavy atom. The molecule has 1 unspecified atom stereocenters. The largest absolute Gasteiger partial charge is 0.379 e. The molecule has 0 amide bonds. The smallest absolute Gasteiger partial charge is 0.125 e. The standard InChI is InChI=1S/C14H23N3O2/c1-12-16-7-5-13(17-12)10-15-6-3-8-18-11-14-4-2-9-19-14/h5,7,14-15H,2-4,6,8-11H2,1H3. The van der Waals surface area contributed by atoms with Crippen molar-refractivity contribution in [2.75, 3.05) is 26.4 Å². The summed E-state index contributed by atoms with van der Waals surface area (Å²) in [5.41, 5.74) is 1.03. The molecule has 0 aliphatic carbocycles. The van der Waals surface area contributed by atoms with Crippen LogP contribution in [0.5, 0.6) is 0 Å². The molecular weight excluding hydrogens is 242 g/mol. The van der Waals surface area contributed by atoms with Crippen LogP contribution in [-0.4, -0.2) is 42.4 Å². The maximum absolute atomic E-state index is 5.60. The van der Waals surface area contributed by atoms with E-state index in [1.807, 2.05) is 13.0 Å². The van der Waals surface area contributed by atoms with E-state index in [1.54, 1.807) is 6.20 Å². The topological polar surface area (TPSA) is 56.3 Å². The molecule has 0 bridgehead atoms. The van der Waals surface area contributed by atoms with Crippen LogP contribution in [0.1, 0.15) is 30.8 Å². The summed E-state index contributed by atoms with van der Waals surface area (Å²) >= 11 is 0. The Morgan fingerprint density at radius 2 is 2.47 bits per heavy atom. The van der Waals surface area contributed by atoms with E-state index in [0.29, 0.717) is 6.10 Å². The highest BCUT2D eigenvalue weighted by Gasteiger charge is 2.14. The van der Waals surface area contributed by atoms with Crippen molar-refractivity contribution in [2.24, 2.45) is 0 Å². The van der Waals surface area contributed by atoms with Crippen LogP contribution in [0.3, 0.4) is 0 Å². The van der Waals surface area contributed by atoms with Gasteiger partial charge in [0.25, 0.3) is 0 Å². The fraction of sp³-hybridized carbons (Fsp3) is 0.714. The first-order valence-electron chi connectivity index (χ1n) is 7.03. The summed E-state index contributed by atoms with van der Waals surface area (Å²) in [5.74, 6) is 0.819. The minimum absolute atomic E-state index is 0.331. The first kappa shape index (κ1) is 14.4. The van der Waals surface area contributed by atoms with Gasteiger partial charge < -0.3 is 14.8 Å². The van der Waals surface area contributed by atoms with Gasteiger partial charge in [0, 0.05) is 26.0 Å². The van der Waals surface area contributed by atoms with E-state index in [9.17, 15) is 0 Å². The molecule has 19 heavy (non-hydrogen) atoms. The van der Waals surface area contributed by atoms with Crippen molar-refractivity contribution in [2.45, 2.75) is 38.8 Å². The molecule has 2 rings (SSSR count). The van der Waals surface area contributed by atoms with Crippen LogP contribution in [0.2, 0.25) is 0 Å². The van der Waals surface area contributed by atoms with Crippen molar-refractivity contribution in [1.29, 1.82) is 0 Å². The Morgan fingerprint density at radius 3 is 3.26 bits per heavy atom. The molecule has 1 aromatic heterocycles. The second kappa shape index (κ2) is 8.19. The lowest BCUT2D eigenvalue weighted by Crippen LogP contribution is -2.19. The van der Waals surface area contributed by atoms with Gasteiger partial charge in [-0.25, -0.2) is 9.97 Å².